The minimum Gasteiger partial charge on any atom is -0.358 e. The molecule has 1 saturated heterocycles. The lowest BCUT2D eigenvalue weighted by atomic mass is 10.1. The van der Waals surface area contributed by atoms with Crippen molar-refractivity contribution < 1.29 is 30.5 Å². The molecule has 1 fully saturated rings. The standard InChI is InChI=1S/C27H30N2O6S4/c30-38(31,32)20-10-18-28-22-12-6-8-14-24(22)36-26(28)16-4-2-1-3-5-17-27-29(19-11-21-39(33,34)35)23-13-7-9-15-25(23)37-27/h1-9,12-17,22,24H,10-11,18-21H2,(H-,30,31,32,33,34,35)/p+1. The summed E-state index contributed by atoms with van der Waals surface area (Å²) in [6.45, 7) is 1.01. The van der Waals surface area contributed by atoms with Crippen LogP contribution in [0, 0.1) is 0 Å². The molecule has 2 unspecified atom stereocenters. The summed E-state index contributed by atoms with van der Waals surface area (Å²) < 4.78 is 65.8. The maximum absolute atomic E-state index is 11.1. The number of aromatic nitrogens is 1. The Labute approximate surface area is 237 Å². The molecule has 0 amide bonds. The number of thioether (sulfide) groups is 1. The minimum absolute atomic E-state index is 0.157. The highest BCUT2D eigenvalue weighted by atomic mass is 32.2. The fourth-order valence-corrected chi connectivity index (χ4v) is 7.83. The first-order valence-electron chi connectivity index (χ1n) is 12.4. The van der Waals surface area contributed by atoms with Crippen LogP contribution in [0.4, 0.5) is 0 Å². The highest BCUT2D eigenvalue weighted by Crippen LogP contribution is 2.41. The van der Waals surface area contributed by atoms with Crippen molar-refractivity contribution in [2.45, 2.75) is 30.7 Å². The SMILES string of the molecule is O=S(=O)(O)CCCN1/C(=C/C=C/C=C/C=C/c2sc3ccccc3[n+]2CCCS(=O)(=O)O)SC2C=CC=CC21. The van der Waals surface area contributed by atoms with E-state index in [1.807, 2.05) is 78.9 Å². The molecule has 4 rings (SSSR count). The third kappa shape index (κ3) is 8.75. The van der Waals surface area contributed by atoms with Crippen LogP contribution in [0.2, 0.25) is 0 Å². The second kappa shape index (κ2) is 13.2. The van der Waals surface area contributed by atoms with E-state index in [0.717, 1.165) is 20.3 Å². The lowest BCUT2D eigenvalue weighted by Gasteiger charge is -2.27. The van der Waals surface area contributed by atoms with E-state index < -0.39 is 20.2 Å². The van der Waals surface area contributed by atoms with E-state index >= 15 is 0 Å². The molecule has 0 saturated carbocycles. The Kier molecular flexibility index (Phi) is 10.0. The maximum Gasteiger partial charge on any atom is 0.265 e. The van der Waals surface area contributed by atoms with Crippen molar-refractivity contribution in [2.24, 2.45) is 0 Å². The molecule has 0 radical (unpaired) electrons. The largest absolute Gasteiger partial charge is 0.358 e. The van der Waals surface area contributed by atoms with Crippen molar-refractivity contribution in [3.05, 3.63) is 95.1 Å². The molecule has 39 heavy (non-hydrogen) atoms. The summed E-state index contributed by atoms with van der Waals surface area (Å²) >= 11 is 3.35. The fraction of sp³-hybridized carbons (Fsp3) is 0.296. The number of nitrogens with zero attached hydrogens (tertiary/aromatic N) is 2. The number of hydrogen-bond acceptors (Lipinski definition) is 7. The number of benzene rings is 1. The molecular weight excluding hydrogens is 577 g/mol. The predicted octanol–water partition coefficient (Wildman–Crippen LogP) is 4.62. The highest BCUT2D eigenvalue weighted by Gasteiger charge is 2.35. The van der Waals surface area contributed by atoms with Gasteiger partial charge in [0.15, 0.2) is 6.54 Å². The lowest BCUT2D eigenvalue weighted by molar-refractivity contribution is -0.668. The third-order valence-corrected chi connectivity index (χ3v) is 10.2. The van der Waals surface area contributed by atoms with Gasteiger partial charge >= 0.3 is 0 Å². The van der Waals surface area contributed by atoms with E-state index in [1.54, 1.807) is 23.1 Å². The monoisotopic (exact) mass is 607 g/mol. The summed E-state index contributed by atoms with van der Waals surface area (Å²) in [5, 5.41) is 2.30. The van der Waals surface area contributed by atoms with Gasteiger partial charge in [-0.05, 0) is 18.6 Å². The first-order chi connectivity index (χ1) is 18.6. The van der Waals surface area contributed by atoms with Crippen LogP contribution in [0.1, 0.15) is 17.8 Å². The number of para-hydroxylation sites is 1. The Morgan fingerprint density at radius 3 is 2.38 bits per heavy atom. The zero-order valence-electron chi connectivity index (χ0n) is 21.1. The van der Waals surface area contributed by atoms with E-state index in [0.29, 0.717) is 25.9 Å². The van der Waals surface area contributed by atoms with Gasteiger partial charge in [-0.15, -0.1) is 0 Å². The van der Waals surface area contributed by atoms with Crippen LogP contribution in [0.25, 0.3) is 16.3 Å². The van der Waals surface area contributed by atoms with E-state index in [9.17, 15) is 16.8 Å². The average molecular weight is 608 g/mol. The number of allylic oxidation sites excluding steroid dienone is 8. The molecule has 8 nitrogen and oxygen atoms in total. The molecule has 2 atom stereocenters. The van der Waals surface area contributed by atoms with Gasteiger partial charge in [0.2, 0.25) is 5.52 Å². The van der Waals surface area contributed by atoms with Crippen molar-refractivity contribution in [3.63, 3.8) is 0 Å². The molecule has 2 aliphatic rings. The number of fused-ring (bicyclic) bond motifs is 2. The lowest BCUT2D eigenvalue weighted by Crippen LogP contribution is -2.35. The zero-order chi connectivity index (χ0) is 27.9. The molecule has 0 spiro atoms. The molecular formula is C27H31N2O6S4+. The molecule has 2 aromatic rings. The first-order valence-corrected chi connectivity index (χ1v) is 17.3. The van der Waals surface area contributed by atoms with Crippen molar-refractivity contribution in [1.29, 1.82) is 0 Å². The van der Waals surface area contributed by atoms with Crippen LogP contribution in [0.3, 0.4) is 0 Å². The van der Waals surface area contributed by atoms with Gasteiger partial charge in [0.05, 0.1) is 27.8 Å². The van der Waals surface area contributed by atoms with Gasteiger partial charge in [-0.25, -0.2) is 0 Å². The van der Waals surface area contributed by atoms with Gasteiger partial charge in [0, 0.05) is 25.1 Å². The van der Waals surface area contributed by atoms with Crippen molar-refractivity contribution in [2.75, 3.05) is 18.1 Å². The maximum atomic E-state index is 11.1. The third-order valence-electron chi connectivity index (χ3n) is 6.10. The highest BCUT2D eigenvalue weighted by molar-refractivity contribution is 8.04. The Bertz CT molecular complexity index is 1570. The van der Waals surface area contributed by atoms with Crippen LogP contribution in [-0.2, 0) is 26.8 Å². The fourth-order valence-electron chi connectivity index (χ4n) is 4.41. The van der Waals surface area contributed by atoms with Gasteiger partial charge in [-0.3, -0.25) is 9.11 Å². The van der Waals surface area contributed by atoms with E-state index in [2.05, 4.69) is 21.6 Å². The quantitative estimate of drug-likeness (QED) is 0.204. The topological polar surface area (TPSA) is 116 Å². The Hall–Kier alpha value is -2.48. The van der Waals surface area contributed by atoms with Crippen LogP contribution in [-0.4, -0.2) is 60.2 Å². The normalized spacial score (nSPS) is 21.0. The van der Waals surface area contributed by atoms with Gasteiger partial charge in [0.1, 0.15) is 4.70 Å². The molecule has 2 N–H and O–H groups in total. The van der Waals surface area contributed by atoms with Crippen molar-refractivity contribution >= 4 is 59.6 Å². The molecule has 1 aromatic carbocycles. The number of hydrogen-bond donors (Lipinski definition) is 2. The van der Waals surface area contributed by atoms with Crippen LogP contribution in [0.15, 0.2) is 90.1 Å². The second-order valence-electron chi connectivity index (χ2n) is 9.01. The molecule has 0 bridgehead atoms. The summed E-state index contributed by atoms with van der Waals surface area (Å²) in [5.41, 5.74) is 1.02. The molecule has 1 aliphatic heterocycles. The van der Waals surface area contributed by atoms with Gasteiger partial charge in [-0.1, -0.05) is 89.9 Å². The summed E-state index contributed by atoms with van der Waals surface area (Å²) in [7, 11) is -7.98. The first kappa shape index (κ1) is 29.5. The predicted molar refractivity (Wildman–Crippen MR) is 160 cm³/mol. The van der Waals surface area contributed by atoms with Gasteiger partial charge < -0.3 is 4.90 Å². The number of rotatable bonds is 12. The zero-order valence-corrected chi connectivity index (χ0v) is 24.4. The van der Waals surface area contributed by atoms with Gasteiger partial charge in [0.25, 0.3) is 25.2 Å². The summed E-state index contributed by atoms with van der Waals surface area (Å²) in [5.74, 6) is -0.540. The van der Waals surface area contributed by atoms with E-state index in [1.165, 1.54) is 0 Å². The Balaban J connectivity index is 1.40. The van der Waals surface area contributed by atoms with Crippen LogP contribution in [0.5, 0.6) is 0 Å². The van der Waals surface area contributed by atoms with Gasteiger partial charge in [-0.2, -0.15) is 21.4 Å². The van der Waals surface area contributed by atoms with Crippen LogP contribution < -0.4 is 4.57 Å². The summed E-state index contributed by atoms with van der Waals surface area (Å²) in [6, 6.07) is 8.09. The van der Waals surface area contributed by atoms with E-state index in [-0.39, 0.29) is 22.8 Å². The smallest absolute Gasteiger partial charge is 0.265 e. The minimum atomic E-state index is -4.00. The number of thiazole rings is 1. The molecule has 1 aliphatic carbocycles. The van der Waals surface area contributed by atoms with Crippen molar-refractivity contribution in [3.8, 4) is 0 Å². The molecule has 208 valence electrons. The van der Waals surface area contributed by atoms with Crippen LogP contribution >= 0.6 is 23.1 Å². The number of aryl methyl sites for hydroxylation is 1. The average Bonchev–Trinajstić information content (AvgIpc) is 3.40. The molecule has 1 aromatic heterocycles. The second-order valence-corrected chi connectivity index (χ2v) is 14.4. The van der Waals surface area contributed by atoms with Crippen molar-refractivity contribution in [1.82, 2.24) is 4.90 Å². The van der Waals surface area contributed by atoms with E-state index in [4.69, 9.17) is 9.11 Å². The molecule has 12 heteroatoms. The Morgan fingerprint density at radius 1 is 0.897 bits per heavy atom. The molecule has 2 heterocycles. The summed E-state index contributed by atoms with van der Waals surface area (Å²) in [4.78, 5) is 2.18. The Morgan fingerprint density at radius 2 is 1.59 bits per heavy atom. The summed E-state index contributed by atoms with van der Waals surface area (Å²) in [6.07, 6.45) is 22.6.